The molecule has 2 aromatic heterocycles. The van der Waals surface area contributed by atoms with Gasteiger partial charge in [-0.3, -0.25) is 4.90 Å². The molecule has 1 atom stereocenters. The Morgan fingerprint density at radius 3 is 2.48 bits per heavy atom. The second-order valence-corrected chi connectivity index (χ2v) is 7.56. The summed E-state index contributed by atoms with van der Waals surface area (Å²) in [5, 5.41) is 3.33. The molecule has 4 heterocycles. The van der Waals surface area contributed by atoms with Crippen molar-refractivity contribution in [2.45, 2.75) is 25.8 Å². The lowest BCUT2D eigenvalue weighted by atomic mass is 9.84. The van der Waals surface area contributed by atoms with E-state index in [4.69, 9.17) is 0 Å². The summed E-state index contributed by atoms with van der Waals surface area (Å²) in [6.07, 6.45) is 9.47. The van der Waals surface area contributed by atoms with Crippen molar-refractivity contribution in [1.82, 2.24) is 19.9 Å². The first kappa shape index (κ1) is 15.0. The molecular weight excluding hydrogens is 306 g/mol. The molecule has 2 aromatic rings. The Hall–Kier alpha value is -1.53. The summed E-state index contributed by atoms with van der Waals surface area (Å²) >= 11 is 1.77. The van der Waals surface area contributed by atoms with Crippen molar-refractivity contribution in [3.63, 3.8) is 0 Å². The lowest BCUT2D eigenvalue weighted by Gasteiger charge is -2.34. The lowest BCUT2D eigenvalue weighted by Crippen LogP contribution is -2.37. The van der Waals surface area contributed by atoms with Gasteiger partial charge in [0.15, 0.2) is 0 Å². The number of thiazole rings is 1. The van der Waals surface area contributed by atoms with Crippen LogP contribution in [0, 0.1) is 11.8 Å². The molecule has 2 saturated heterocycles. The molecule has 0 saturated carbocycles. The van der Waals surface area contributed by atoms with Crippen LogP contribution in [-0.2, 0) is 6.54 Å². The first-order valence-corrected chi connectivity index (χ1v) is 9.39. The highest BCUT2D eigenvalue weighted by Gasteiger charge is 2.32. The third kappa shape index (κ3) is 3.53. The van der Waals surface area contributed by atoms with Crippen molar-refractivity contribution in [2.75, 3.05) is 31.1 Å². The third-order valence-electron chi connectivity index (χ3n) is 5.19. The molecule has 23 heavy (non-hydrogen) atoms. The van der Waals surface area contributed by atoms with E-state index in [1.165, 1.54) is 37.4 Å². The fraction of sp³-hybridized carbons (Fsp3) is 0.588. The maximum absolute atomic E-state index is 4.42. The molecule has 122 valence electrons. The fourth-order valence-electron chi connectivity index (χ4n) is 3.94. The molecule has 6 heteroatoms. The molecule has 0 radical (unpaired) electrons. The van der Waals surface area contributed by atoms with Crippen LogP contribution in [0.25, 0.3) is 0 Å². The molecule has 4 rings (SSSR count). The molecule has 0 aromatic carbocycles. The first-order valence-electron chi connectivity index (χ1n) is 8.51. The summed E-state index contributed by atoms with van der Waals surface area (Å²) in [6.45, 7) is 5.69. The van der Waals surface area contributed by atoms with Crippen molar-refractivity contribution in [3.05, 3.63) is 35.0 Å². The maximum Gasteiger partial charge on any atom is 0.225 e. The van der Waals surface area contributed by atoms with Gasteiger partial charge in [-0.15, -0.1) is 11.3 Å². The Morgan fingerprint density at radius 1 is 0.957 bits per heavy atom. The van der Waals surface area contributed by atoms with Gasteiger partial charge in [-0.05, 0) is 43.7 Å². The molecule has 2 aliphatic heterocycles. The number of nitrogens with zero attached hydrogens (tertiary/aromatic N) is 5. The zero-order valence-electron chi connectivity index (χ0n) is 13.3. The third-order valence-corrected chi connectivity index (χ3v) is 5.96. The largest absolute Gasteiger partial charge is 0.341 e. The molecule has 2 aliphatic rings. The normalized spacial score (nSPS) is 23.5. The average Bonchev–Trinajstić information content (AvgIpc) is 3.28. The fourth-order valence-corrected chi connectivity index (χ4v) is 4.60. The van der Waals surface area contributed by atoms with E-state index in [2.05, 4.69) is 30.1 Å². The van der Waals surface area contributed by atoms with Gasteiger partial charge in [-0.25, -0.2) is 15.0 Å². The SMILES string of the molecule is c1cnc(N2CCC([C@@H]3CCN(Cc4nccs4)C3)CC2)nc1. The second-order valence-electron chi connectivity index (χ2n) is 6.58. The molecule has 5 nitrogen and oxygen atoms in total. The van der Waals surface area contributed by atoms with Gasteiger partial charge in [0.2, 0.25) is 5.95 Å². The molecule has 0 bridgehead atoms. The Morgan fingerprint density at radius 2 is 1.74 bits per heavy atom. The maximum atomic E-state index is 4.42. The minimum atomic E-state index is 0.855. The van der Waals surface area contributed by atoms with Crippen LogP contribution in [0.4, 0.5) is 5.95 Å². The number of piperidine rings is 1. The van der Waals surface area contributed by atoms with E-state index < -0.39 is 0 Å². The number of hydrogen-bond donors (Lipinski definition) is 0. The van der Waals surface area contributed by atoms with E-state index in [0.717, 1.165) is 37.4 Å². The van der Waals surface area contributed by atoms with E-state index >= 15 is 0 Å². The number of anilines is 1. The van der Waals surface area contributed by atoms with Crippen LogP contribution < -0.4 is 4.90 Å². The molecule has 0 aliphatic carbocycles. The Bertz CT molecular complexity index is 595. The zero-order chi connectivity index (χ0) is 15.5. The van der Waals surface area contributed by atoms with Crippen LogP contribution >= 0.6 is 11.3 Å². The van der Waals surface area contributed by atoms with Crippen LogP contribution in [0.5, 0.6) is 0 Å². The van der Waals surface area contributed by atoms with Gasteiger partial charge < -0.3 is 4.90 Å². The van der Waals surface area contributed by atoms with Gasteiger partial charge in [-0.1, -0.05) is 0 Å². The standard InChI is InChI=1S/C17H23N5S/c1-5-19-17(20-6-1)22-9-3-14(4-10-22)15-2-8-21(12-15)13-16-18-7-11-23-16/h1,5-7,11,14-15H,2-4,8-10,12-13H2/t15-/m1/s1. The van der Waals surface area contributed by atoms with Crippen molar-refractivity contribution < 1.29 is 0 Å². The Kier molecular flexibility index (Phi) is 4.52. The molecule has 2 fully saturated rings. The van der Waals surface area contributed by atoms with Gasteiger partial charge in [0.1, 0.15) is 5.01 Å². The van der Waals surface area contributed by atoms with Crippen LogP contribution in [0.3, 0.4) is 0 Å². The number of aromatic nitrogens is 3. The van der Waals surface area contributed by atoms with E-state index in [1.54, 1.807) is 11.3 Å². The quantitative estimate of drug-likeness (QED) is 0.863. The Labute approximate surface area is 141 Å². The van der Waals surface area contributed by atoms with Gasteiger partial charge in [0.25, 0.3) is 0 Å². The Balaban J connectivity index is 1.28. The van der Waals surface area contributed by atoms with Crippen molar-refractivity contribution in [3.8, 4) is 0 Å². The number of hydrogen-bond acceptors (Lipinski definition) is 6. The van der Waals surface area contributed by atoms with Crippen molar-refractivity contribution in [2.24, 2.45) is 11.8 Å². The van der Waals surface area contributed by atoms with Crippen LogP contribution in [-0.4, -0.2) is 46.0 Å². The predicted molar refractivity (Wildman–Crippen MR) is 92.5 cm³/mol. The second kappa shape index (κ2) is 6.93. The van der Waals surface area contributed by atoms with Crippen molar-refractivity contribution in [1.29, 1.82) is 0 Å². The van der Waals surface area contributed by atoms with Crippen LogP contribution in [0.15, 0.2) is 30.0 Å². The molecular formula is C17H23N5S. The van der Waals surface area contributed by atoms with Gasteiger partial charge in [-0.2, -0.15) is 0 Å². The molecule has 0 spiro atoms. The van der Waals surface area contributed by atoms with E-state index in [-0.39, 0.29) is 0 Å². The van der Waals surface area contributed by atoms with Gasteiger partial charge >= 0.3 is 0 Å². The highest BCUT2D eigenvalue weighted by Crippen LogP contribution is 2.33. The average molecular weight is 329 g/mol. The number of rotatable bonds is 4. The summed E-state index contributed by atoms with van der Waals surface area (Å²) in [4.78, 5) is 18.1. The predicted octanol–water partition coefficient (Wildman–Crippen LogP) is 2.67. The van der Waals surface area contributed by atoms with E-state index in [9.17, 15) is 0 Å². The highest BCUT2D eigenvalue weighted by atomic mass is 32.1. The molecule has 0 unspecified atom stereocenters. The summed E-state index contributed by atoms with van der Waals surface area (Å²) in [5.74, 6) is 2.60. The van der Waals surface area contributed by atoms with Gasteiger partial charge in [0, 0.05) is 43.6 Å². The minimum absolute atomic E-state index is 0.855. The van der Waals surface area contributed by atoms with Crippen LogP contribution in [0.1, 0.15) is 24.3 Å². The first-order chi connectivity index (χ1) is 11.4. The highest BCUT2D eigenvalue weighted by molar-refractivity contribution is 7.09. The topological polar surface area (TPSA) is 45.2 Å². The van der Waals surface area contributed by atoms with Gasteiger partial charge in [0.05, 0.1) is 6.54 Å². The number of likely N-dealkylation sites (tertiary alicyclic amines) is 1. The summed E-state index contributed by atoms with van der Waals surface area (Å²) in [7, 11) is 0. The zero-order valence-corrected chi connectivity index (χ0v) is 14.2. The lowest BCUT2D eigenvalue weighted by molar-refractivity contribution is 0.251. The smallest absolute Gasteiger partial charge is 0.225 e. The van der Waals surface area contributed by atoms with E-state index in [0.29, 0.717) is 0 Å². The summed E-state index contributed by atoms with van der Waals surface area (Å²) in [6, 6.07) is 1.88. The summed E-state index contributed by atoms with van der Waals surface area (Å²) in [5.41, 5.74) is 0. The van der Waals surface area contributed by atoms with E-state index in [1.807, 2.05) is 24.7 Å². The molecule has 0 N–H and O–H groups in total. The van der Waals surface area contributed by atoms with Crippen LogP contribution in [0.2, 0.25) is 0 Å². The summed E-state index contributed by atoms with van der Waals surface area (Å²) < 4.78 is 0. The van der Waals surface area contributed by atoms with Crippen molar-refractivity contribution >= 4 is 17.3 Å². The molecule has 0 amide bonds. The monoisotopic (exact) mass is 329 g/mol. The minimum Gasteiger partial charge on any atom is -0.341 e.